The summed E-state index contributed by atoms with van der Waals surface area (Å²) in [6.07, 6.45) is 49.5. The Morgan fingerprint density at radius 1 is 0.544 bits per heavy atom. The molecule has 0 rings (SSSR count). The minimum atomic E-state index is -4.64. The summed E-state index contributed by atoms with van der Waals surface area (Å²) in [6, 6.07) is 0. The molecule has 0 aliphatic heterocycles. The van der Waals surface area contributed by atoms with E-state index in [1.54, 1.807) is 0 Å². The minimum absolute atomic E-state index is 0.131. The summed E-state index contributed by atoms with van der Waals surface area (Å²) >= 11 is 0. The number of carbonyl (C=O) groups excluding carboxylic acids is 2. The number of phosphoric ester groups is 1. The number of aliphatic hydroxyl groups excluding tert-OH is 2. The van der Waals surface area contributed by atoms with Crippen molar-refractivity contribution in [3.8, 4) is 0 Å². The fourth-order valence-electron chi connectivity index (χ4n) is 4.96. The molecule has 0 fully saturated rings. The van der Waals surface area contributed by atoms with Crippen molar-refractivity contribution in [2.24, 2.45) is 0 Å². The highest BCUT2D eigenvalue weighted by Gasteiger charge is 2.27. The lowest BCUT2D eigenvalue weighted by Crippen LogP contribution is -2.29. The highest BCUT2D eigenvalue weighted by molar-refractivity contribution is 7.47. The van der Waals surface area contributed by atoms with E-state index < -0.39 is 51.8 Å². The molecule has 10 nitrogen and oxygen atoms in total. The van der Waals surface area contributed by atoms with Gasteiger partial charge in [-0.2, -0.15) is 0 Å². The molecule has 324 valence electrons. The Morgan fingerprint density at radius 2 is 0.965 bits per heavy atom. The van der Waals surface area contributed by atoms with Crippen LogP contribution in [0.3, 0.4) is 0 Å². The predicted molar refractivity (Wildman–Crippen MR) is 232 cm³/mol. The second-order valence-electron chi connectivity index (χ2n) is 13.6. The molecule has 0 saturated carbocycles. The van der Waals surface area contributed by atoms with Crippen molar-refractivity contribution < 1.29 is 47.8 Å². The maximum atomic E-state index is 12.6. The third kappa shape index (κ3) is 40.9. The largest absolute Gasteiger partial charge is 0.472 e. The molecule has 0 amide bonds. The van der Waals surface area contributed by atoms with E-state index in [4.69, 9.17) is 19.1 Å². The third-order valence-electron chi connectivity index (χ3n) is 8.22. The van der Waals surface area contributed by atoms with Crippen LogP contribution in [0, 0.1) is 0 Å². The van der Waals surface area contributed by atoms with Crippen LogP contribution in [0.15, 0.2) is 97.2 Å². The maximum Gasteiger partial charge on any atom is 0.472 e. The molecule has 0 bridgehead atoms. The quantitative estimate of drug-likeness (QED) is 0.0238. The van der Waals surface area contributed by atoms with Gasteiger partial charge in [-0.15, -0.1) is 0 Å². The van der Waals surface area contributed by atoms with Crippen LogP contribution in [0.2, 0.25) is 0 Å². The van der Waals surface area contributed by atoms with Crippen molar-refractivity contribution in [1.29, 1.82) is 0 Å². The molecule has 0 aromatic rings. The summed E-state index contributed by atoms with van der Waals surface area (Å²) in [5.74, 6) is -1.02. The van der Waals surface area contributed by atoms with Crippen molar-refractivity contribution in [3.05, 3.63) is 97.2 Å². The first-order chi connectivity index (χ1) is 27.7. The van der Waals surface area contributed by atoms with Crippen molar-refractivity contribution in [3.63, 3.8) is 0 Å². The molecule has 0 aliphatic carbocycles. The number of hydrogen-bond acceptors (Lipinski definition) is 9. The molecule has 11 heteroatoms. The predicted octanol–water partition coefficient (Wildman–Crippen LogP) is 11.2. The smallest absolute Gasteiger partial charge is 0.462 e. The van der Waals surface area contributed by atoms with Crippen LogP contribution in [0.1, 0.15) is 142 Å². The number of rotatable bonds is 38. The van der Waals surface area contributed by atoms with Gasteiger partial charge in [0.15, 0.2) is 6.10 Å². The average Bonchev–Trinajstić information content (AvgIpc) is 3.20. The van der Waals surface area contributed by atoms with Crippen LogP contribution < -0.4 is 0 Å². The number of hydrogen-bond donors (Lipinski definition) is 3. The zero-order valence-corrected chi connectivity index (χ0v) is 35.9. The molecule has 57 heavy (non-hydrogen) atoms. The molecular weight excluding hydrogens is 743 g/mol. The summed E-state index contributed by atoms with van der Waals surface area (Å²) in [5, 5.41) is 18.3. The van der Waals surface area contributed by atoms with Gasteiger partial charge in [0.25, 0.3) is 0 Å². The summed E-state index contributed by atoms with van der Waals surface area (Å²) in [4.78, 5) is 34.9. The van der Waals surface area contributed by atoms with Gasteiger partial charge < -0.3 is 24.6 Å². The van der Waals surface area contributed by atoms with Gasteiger partial charge in [-0.25, -0.2) is 4.57 Å². The second kappa shape index (κ2) is 41.1. The standard InChI is InChI=1S/C46H75O10P/c1-3-5-7-9-11-13-15-17-19-20-21-22-24-26-28-30-32-34-36-38-46(50)56-44(42-55-57(51,52)54-40-43(48)39-47)41-53-45(49)37-35-33-31-29-27-25-23-18-16-14-12-10-8-6-4-2/h6,8,11-14,17-19,21-23,26-29,43-44,47-48H,3-5,7,9-10,15-16,20,24-25,30-42H2,1-2H3,(H,51,52)/b8-6+,13-11+,14-12+,19-17+,22-21+,23-18+,28-26+,29-27+/t43-,44+/m0/s1. The van der Waals surface area contributed by atoms with Gasteiger partial charge in [0, 0.05) is 12.8 Å². The lowest BCUT2D eigenvalue weighted by Gasteiger charge is -2.20. The van der Waals surface area contributed by atoms with Gasteiger partial charge in [0.2, 0.25) is 0 Å². The Morgan fingerprint density at radius 3 is 1.46 bits per heavy atom. The Hall–Kier alpha value is -3.11. The van der Waals surface area contributed by atoms with Gasteiger partial charge in [-0.3, -0.25) is 18.6 Å². The minimum Gasteiger partial charge on any atom is -0.462 e. The monoisotopic (exact) mass is 819 g/mol. The molecule has 3 N–H and O–H groups in total. The van der Waals surface area contributed by atoms with E-state index >= 15 is 0 Å². The van der Waals surface area contributed by atoms with Gasteiger partial charge >= 0.3 is 19.8 Å². The Bertz CT molecular complexity index is 1260. The van der Waals surface area contributed by atoms with Crippen molar-refractivity contribution in [2.45, 2.75) is 154 Å². The molecule has 0 aromatic carbocycles. The zero-order valence-electron chi connectivity index (χ0n) is 35.0. The molecule has 0 saturated heterocycles. The Kier molecular flexibility index (Phi) is 38.8. The van der Waals surface area contributed by atoms with Crippen LogP contribution >= 0.6 is 7.82 Å². The average molecular weight is 819 g/mol. The first kappa shape index (κ1) is 53.9. The van der Waals surface area contributed by atoms with E-state index in [-0.39, 0.29) is 19.4 Å². The van der Waals surface area contributed by atoms with Gasteiger partial charge in [-0.05, 0) is 96.3 Å². The first-order valence-corrected chi connectivity index (χ1v) is 22.7. The fraction of sp³-hybridized carbons (Fsp3) is 0.609. The number of ether oxygens (including phenoxy) is 2. The number of carbonyl (C=O) groups is 2. The first-order valence-electron chi connectivity index (χ1n) is 21.2. The van der Waals surface area contributed by atoms with Gasteiger partial charge in [0.05, 0.1) is 19.8 Å². The third-order valence-corrected chi connectivity index (χ3v) is 9.17. The summed E-state index contributed by atoms with van der Waals surface area (Å²) in [7, 11) is -4.64. The van der Waals surface area contributed by atoms with Crippen LogP contribution in [-0.4, -0.2) is 65.7 Å². The molecule has 0 radical (unpaired) electrons. The fourth-order valence-corrected chi connectivity index (χ4v) is 5.75. The van der Waals surface area contributed by atoms with Gasteiger partial charge in [0.1, 0.15) is 12.7 Å². The maximum absolute atomic E-state index is 12.6. The van der Waals surface area contributed by atoms with E-state index in [2.05, 4.69) is 116 Å². The lowest BCUT2D eigenvalue weighted by atomic mass is 10.1. The normalized spacial score (nSPS) is 14.8. The molecule has 3 atom stereocenters. The number of allylic oxidation sites excluding steroid dienone is 16. The number of aliphatic hydroxyl groups is 2. The number of esters is 2. The van der Waals surface area contributed by atoms with Crippen LogP contribution in [0.5, 0.6) is 0 Å². The highest BCUT2D eigenvalue weighted by Crippen LogP contribution is 2.43. The second-order valence-corrected chi connectivity index (χ2v) is 15.1. The van der Waals surface area contributed by atoms with E-state index in [0.29, 0.717) is 12.8 Å². The van der Waals surface area contributed by atoms with E-state index in [9.17, 15) is 24.2 Å². The zero-order chi connectivity index (χ0) is 41.9. The van der Waals surface area contributed by atoms with Crippen molar-refractivity contribution in [2.75, 3.05) is 26.4 Å². The van der Waals surface area contributed by atoms with E-state index in [1.165, 1.54) is 25.7 Å². The number of unbranched alkanes of at least 4 members (excludes halogenated alkanes) is 8. The molecule has 0 aromatic heterocycles. The molecule has 1 unspecified atom stereocenters. The summed E-state index contributed by atoms with van der Waals surface area (Å²) < 4.78 is 32.6. The van der Waals surface area contributed by atoms with E-state index in [0.717, 1.165) is 77.0 Å². The van der Waals surface area contributed by atoms with Crippen molar-refractivity contribution >= 4 is 19.8 Å². The molecule has 0 spiro atoms. The Labute approximate surface area is 344 Å². The van der Waals surface area contributed by atoms with E-state index in [1.807, 2.05) is 0 Å². The molecule has 0 aliphatic rings. The summed E-state index contributed by atoms with van der Waals surface area (Å²) in [5.41, 5.74) is 0. The van der Waals surface area contributed by atoms with Crippen LogP contribution in [0.4, 0.5) is 0 Å². The highest BCUT2D eigenvalue weighted by atomic mass is 31.2. The molecular formula is C46H75O10P. The SMILES string of the molecule is CC/C=C/C/C=C/C/C=C/C/C=C/CCCCC(=O)OC[C@H](COP(=O)(O)OC[C@@H](O)CO)OC(=O)CCCCC/C=C/C/C=C/C/C=C/C/C=C/CCCCC. The Balaban J connectivity index is 4.47. The van der Waals surface area contributed by atoms with Crippen molar-refractivity contribution in [1.82, 2.24) is 0 Å². The molecule has 0 heterocycles. The topological polar surface area (TPSA) is 149 Å². The summed E-state index contributed by atoms with van der Waals surface area (Å²) in [6.45, 7) is 2.12. The lowest BCUT2D eigenvalue weighted by molar-refractivity contribution is -0.161. The van der Waals surface area contributed by atoms with Crippen LogP contribution in [-0.2, 0) is 32.7 Å². The number of phosphoric acid groups is 1. The van der Waals surface area contributed by atoms with Crippen LogP contribution in [0.25, 0.3) is 0 Å². The van der Waals surface area contributed by atoms with Gasteiger partial charge in [-0.1, -0.05) is 130 Å².